The van der Waals surface area contributed by atoms with Crippen molar-refractivity contribution in [1.82, 2.24) is 14.8 Å². The van der Waals surface area contributed by atoms with Crippen molar-refractivity contribution in [2.45, 2.75) is 6.54 Å². The smallest absolute Gasteiger partial charge is 0.142 e. The van der Waals surface area contributed by atoms with E-state index in [1.165, 1.54) is 6.07 Å². The maximum Gasteiger partial charge on any atom is 0.142 e. The summed E-state index contributed by atoms with van der Waals surface area (Å²) in [7, 11) is 0. The fraction of sp³-hybridized carbons (Fsp3) is 0.0667. The van der Waals surface area contributed by atoms with Crippen molar-refractivity contribution in [3.05, 3.63) is 71.5 Å². The van der Waals surface area contributed by atoms with Crippen molar-refractivity contribution in [1.29, 1.82) is 0 Å². The Morgan fingerprint density at radius 2 is 1.90 bits per heavy atom. The van der Waals surface area contributed by atoms with Gasteiger partial charge in [-0.2, -0.15) is 0 Å². The van der Waals surface area contributed by atoms with Gasteiger partial charge in [0.2, 0.25) is 0 Å². The number of nitrogens with zero attached hydrogens (tertiary/aromatic N) is 3. The number of halogens is 2. The average Bonchev–Trinajstić information content (AvgIpc) is 3.03. The zero-order chi connectivity index (χ0) is 14.7. The first-order valence-corrected chi connectivity index (χ1v) is 6.73. The Balaban J connectivity index is 1.73. The normalized spacial score (nSPS) is 10.6. The predicted molar refractivity (Wildman–Crippen MR) is 80.1 cm³/mol. The van der Waals surface area contributed by atoms with Crippen molar-refractivity contribution in [2.75, 3.05) is 5.32 Å². The highest BCUT2D eigenvalue weighted by atomic mass is 35.5. The lowest BCUT2D eigenvalue weighted by atomic mass is 10.2. The van der Waals surface area contributed by atoms with Crippen LogP contribution in [0.1, 0.15) is 5.56 Å². The lowest BCUT2D eigenvalue weighted by molar-refractivity contribution is 0.626. The first-order chi connectivity index (χ1) is 10.2. The highest BCUT2D eigenvalue weighted by Gasteiger charge is 2.02. The molecule has 0 fully saturated rings. The van der Waals surface area contributed by atoms with Crippen LogP contribution in [0.15, 0.2) is 55.1 Å². The van der Waals surface area contributed by atoms with E-state index in [-0.39, 0.29) is 5.02 Å². The van der Waals surface area contributed by atoms with Crippen LogP contribution in [0.4, 0.5) is 10.1 Å². The van der Waals surface area contributed by atoms with Crippen LogP contribution in [-0.4, -0.2) is 14.8 Å². The van der Waals surface area contributed by atoms with Gasteiger partial charge in [0.05, 0.1) is 10.7 Å². The van der Waals surface area contributed by atoms with Gasteiger partial charge < -0.3 is 5.32 Å². The molecule has 6 heteroatoms. The van der Waals surface area contributed by atoms with E-state index in [1.807, 2.05) is 28.8 Å². The Morgan fingerprint density at radius 3 is 2.67 bits per heavy atom. The summed E-state index contributed by atoms with van der Waals surface area (Å²) in [5, 5.41) is 10.9. The molecule has 0 bridgehead atoms. The highest BCUT2D eigenvalue weighted by Crippen LogP contribution is 2.18. The fourth-order valence-corrected chi connectivity index (χ4v) is 2.08. The van der Waals surface area contributed by atoms with Gasteiger partial charge in [0.25, 0.3) is 0 Å². The second kappa shape index (κ2) is 5.93. The third-order valence-corrected chi connectivity index (χ3v) is 3.35. The summed E-state index contributed by atoms with van der Waals surface area (Å²) in [6.07, 6.45) is 3.27. The Morgan fingerprint density at radius 1 is 1.10 bits per heavy atom. The summed E-state index contributed by atoms with van der Waals surface area (Å²) in [5.41, 5.74) is 2.70. The van der Waals surface area contributed by atoms with Crippen molar-refractivity contribution in [3.8, 4) is 5.69 Å². The van der Waals surface area contributed by atoms with Crippen LogP contribution in [-0.2, 0) is 6.54 Å². The summed E-state index contributed by atoms with van der Waals surface area (Å²) >= 11 is 5.67. The predicted octanol–water partition coefficient (Wildman–Crippen LogP) is 3.67. The van der Waals surface area contributed by atoms with E-state index in [2.05, 4.69) is 15.5 Å². The standard InChI is InChI=1S/C15H12ClFN4/c16-14-5-4-11(6-15(14)17)8-18-12-2-1-3-13(7-12)21-9-19-20-10-21/h1-7,9-10,18H,8H2. The molecule has 0 spiro atoms. The monoisotopic (exact) mass is 302 g/mol. The molecule has 3 aromatic rings. The minimum atomic E-state index is -0.408. The summed E-state index contributed by atoms with van der Waals surface area (Å²) in [4.78, 5) is 0. The number of nitrogens with one attached hydrogen (secondary N) is 1. The van der Waals surface area contributed by atoms with Gasteiger partial charge >= 0.3 is 0 Å². The Hall–Kier alpha value is -2.40. The Kier molecular flexibility index (Phi) is 3.83. The molecule has 1 N–H and O–H groups in total. The highest BCUT2D eigenvalue weighted by molar-refractivity contribution is 6.30. The molecule has 3 rings (SSSR count). The molecule has 2 aromatic carbocycles. The number of benzene rings is 2. The second-order valence-electron chi connectivity index (χ2n) is 4.52. The lowest BCUT2D eigenvalue weighted by Gasteiger charge is -2.09. The minimum Gasteiger partial charge on any atom is -0.381 e. The molecule has 0 saturated carbocycles. The lowest BCUT2D eigenvalue weighted by Crippen LogP contribution is -2.01. The van der Waals surface area contributed by atoms with Crippen molar-refractivity contribution < 1.29 is 4.39 Å². The quantitative estimate of drug-likeness (QED) is 0.799. The Bertz CT molecular complexity index is 743. The van der Waals surface area contributed by atoms with E-state index in [1.54, 1.807) is 24.8 Å². The molecule has 1 aromatic heterocycles. The largest absolute Gasteiger partial charge is 0.381 e. The molecule has 0 atom stereocenters. The summed E-state index contributed by atoms with van der Waals surface area (Å²) in [5.74, 6) is -0.408. The molecule has 21 heavy (non-hydrogen) atoms. The fourth-order valence-electron chi connectivity index (χ4n) is 1.96. The molecule has 106 valence electrons. The van der Waals surface area contributed by atoms with Gasteiger partial charge in [-0.25, -0.2) is 4.39 Å². The molecule has 0 radical (unpaired) electrons. The second-order valence-corrected chi connectivity index (χ2v) is 4.93. The molecule has 0 aliphatic rings. The molecule has 0 aliphatic heterocycles. The van der Waals surface area contributed by atoms with Gasteiger partial charge in [0.1, 0.15) is 18.5 Å². The van der Waals surface area contributed by atoms with Gasteiger partial charge in [0.15, 0.2) is 0 Å². The molecule has 1 heterocycles. The van der Waals surface area contributed by atoms with Crippen LogP contribution >= 0.6 is 11.6 Å². The average molecular weight is 303 g/mol. The van der Waals surface area contributed by atoms with Crippen molar-refractivity contribution >= 4 is 17.3 Å². The number of anilines is 1. The van der Waals surface area contributed by atoms with Crippen LogP contribution in [0.2, 0.25) is 5.02 Å². The van der Waals surface area contributed by atoms with Gasteiger partial charge in [0, 0.05) is 12.2 Å². The van der Waals surface area contributed by atoms with E-state index < -0.39 is 5.82 Å². The minimum absolute atomic E-state index is 0.133. The molecular formula is C15H12ClFN4. The van der Waals surface area contributed by atoms with Gasteiger partial charge in [-0.15, -0.1) is 10.2 Å². The molecule has 0 unspecified atom stereocenters. The van der Waals surface area contributed by atoms with Gasteiger partial charge in [-0.3, -0.25) is 4.57 Å². The maximum atomic E-state index is 13.4. The van der Waals surface area contributed by atoms with Crippen molar-refractivity contribution in [3.63, 3.8) is 0 Å². The third kappa shape index (κ3) is 3.20. The van der Waals surface area contributed by atoms with E-state index in [9.17, 15) is 4.39 Å². The van der Waals surface area contributed by atoms with Crippen LogP contribution < -0.4 is 5.32 Å². The molecule has 0 saturated heterocycles. The van der Waals surface area contributed by atoms with E-state index in [0.717, 1.165) is 16.9 Å². The summed E-state index contributed by atoms with van der Waals surface area (Å²) in [6, 6.07) is 12.6. The number of hydrogen-bond acceptors (Lipinski definition) is 3. The maximum absolute atomic E-state index is 13.4. The van der Waals surface area contributed by atoms with E-state index >= 15 is 0 Å². The Labute approximate surface area is 126 Å². The summed E-state index contributed by atoms with van der Waals surface area (Å²) < 4.78 is 15.2. The van der Waals surface area contributed by atoms with Gasteiger partial charge in [-0.1, -0.05) is 23.7 Å². The first kappa shape index (κ1) is 13.6. The van der Waals surface area contributed by atoms with E-state index in [4.69, 9.17) is 11.6 Å². The molecule has 0 aliphatic carbocycles. The van der Waals surface area contributed by atoms with Crippen LogP contribution in [0, 0.1) is 5.82 Å². The molecule has 0 amide bonds. The number of rotatable bonds is 4. The van der Waals surface area contributed by atoms with Crippen molar-refractivity contribution in [2.24, 2.45) is 0 Å². The zero-order valence-corrected chi connectivity index (χ0v) is 11.8. The van der Waals surface area contributed by atoms with Crippen LogP contribution in [0.5, 0.6) is 0 Å². The van der Waals surface area contributed by atoms with Crippen LogP contribution in [0.25, 0.3) is 5.69 Å². The first-order valence-electron chi connectivity index (χ1n) is 6.35. The topological polar surface area (TPSA) is 42.7 Å². The number of aromatic nitrogens is 3. The molecule has 4 nitrogen and oxygen atoms in total. The zero-order valence-electron chi connectivity index (χ0n) is 11.0. The summed E-state index contributed by atoms with van der Waals surface area (Å²) in [6.45, 7) is 0.514. The third-order valence-electron chi connectivity index (χ3n) is 3.04. The van der Waals surface area contributed by atoms with Crippen LogP contribution in [0.3, 0.4) is 0 Å². The number of hydrogen-bond donors (Lipinski definition) is 1. The SMILES string of the molecule is Fc1cc(CNc2cccc(-n3cnnc3)c2)ccc1Cl. The van der Waals surface area contributed by atoms with Gasteiger partial charge in [-0.05, 0) is 35.9 Å². The van der Waals surface area contributed by atoms with E-state index in [0.29, 0.717) is 6.54 Å². The molecular weight excluding hydrogens is 291 g/mol.